The molecule has 0 heterocycles. The molecule has 2 rings (SSSR count). The molecule has 2 heteroatoms. The Hall–Kier alpha value is -2.62. The summed E-state index contributed by atoms with van der Waals surface area (Å²) in [6.45, 7) is 0. The molecule has 0 fully saturated rings. The SMILES string of the molecule is N#C/C=C1\C=CC=CC1=[N+]=[C-]c1ccccc1. The molecular weight excluding hydrogens is 208 g/mol. The third kappa shape index (κ3) is 2.92. The molecule has 0 amide bonds. The van der Waals surface area contributed by atoms with Crippen LogP contribution in [0.3, 0.4) is 0 Å². The maximum atomic E-state index is 8.66. The van der Waals surface area contributed by atoms with E-state index < -0.39 is 0 Å². The molecule has 2 nitrogen and oxygen atoms in total. The number of rotatable bonds is 1. The Bertz CT molecular complexity index is 590. The van der Waals surface area contributed by atoms with E-state index in [4.69, 9.17) is 5.26 Å². The summed E-state index contributed by atoms with van der Waals surface area (Å²) in [4.78, 5) is 0. The first-order chi connectivity index (χ1) is 8.40. The van der Waals surface area contributed by atoms with Crippen molar-refractivity contribution in [1.29, 1.82) is 5.26 Å². The lowest BCUT2D eigenvalue weighted by Gasteiger charge is -1.96. The van der Waals surface area contributed by atoms with Crippen molar-refractivity contribution in [1.82, 2.24) is 4.67 Å². The second-order valence-corrected chi connectivity index (χ2v) is 3.42. The molecule has 0 N–H and O–H groups in total. The van der Waals surface area contributed by atoms with E-state index in [9.17, 15) is 0 Å². The molecule has 0 radical (unpaired) electrons. The summed E-state index contributed by atoms with van der Waals surface area (Å²) in [6.07, 6.45) is 11.9. The van der Waals surface area contributed by atoms with Gasteiger partial charge in [-0.05, 0) is 6.08 Å². The Morgan fingerprint density at radius 1 is 1.12 bits per heavy atom. The molecule has 0 saturated carbocycles. The minimum Gasteiger partial charge on any atom is -0.193 e. The predicted octanol–water partition coefficient (Wildman–Crippen LogP) is 2.07. The van der Waals surface area contributed by atoms with Crippen LogP contribution in [0.15, 0.2) is 66.3 Å². The van der Waals surface area contributed by atoms with Gasteiger partial charge in [0.1, 0.15) is 0 Å². The van der Waals surface area contributed by atoms with Crippen molar-refractivity contribution in [3.05, 3.63) is 71.8 Å². The van der Waals surface area contributed by atoms with Crippen molar-refractivity contribution < 1.29 is 0 Å². The van der Waals surface area contributed by atoms with Gasteiger partial charge in [-0.2, -0.15) is 9.93 Å². The highest BCUT2D eigenvalue weighted by Crippen LogP contribution is 2.05. The summed E-state index contributed by atoms with van der Waals surface area (Å²) in [5.74, 6) is 0. The zero-order chi connectivity index (χ0) is 11.9. The average molecular weight is 218 g/mol. The predicted molar refractivity (Wildman–Crippen MR) is 69.7 cm³/mol. The van der Waals surface area contributed by atoms with E-state index in [1.54, 1.807) is 0 Å². The molecule has 80 valence electrons. The molecule has 0 bridgehead atoms. The molecular formula is C15H10N2. The lowest BCUT2D eigenvalue weighted by atomic mass is 10.1. The van der Waals surface area contributed by atoms with Crippen LogP contribution in [-0.2, 0) is 0 Å². The number of benzene rings is 1. The molecule has 0 aromatic heterocycles. The van der Waals surface area contributed by atoms with Crippen molar-refractivity contribution in [2.75, 3.05) is 0 Å². The van der Waals surface area contributed by atoms with Crippen LogP contribution < -0.4 is 4.67 Å². The average Bonchev–Trinajstić information content (AvgIpc) is 2.39. The molecule has 1 aromatic carbocycles. The molecule has 0 atom stereocenters. The lowest BCUT2D eigenvalue weighted by Crippen LogP contribution is -2.04. The number of hydrogen-bond acceptors (Lipinski definition) is 1. The highest BCUT2D eigenvalue weighted by atomic mass is 14.6. The van der Waals surface area contributed by atoms with Crippen LogP contribution in [0.4, 0.5) is 0 Å². The van der Waals surface area contributed by atoms with Crippen molar-refractivity contribution >= 4 is 11.9 Å². The van der Waals surface area contributed by atoms with Crippen LogP contribution >= 0.6 is 0 Å². The zero-order valence-corrected chi connectivity index (χ0v) is 9.17. The van der Waals surface area contributed by atoms with Crippen LogP contribution in [0.2, 0.25) is 0 Å². The Morgan fingerprint density at radius 3 is 2.65 bits per heavy atom. The fourth-order valence-corrected chi connectivity index (χ4v) is 1.42. The van der Waals surface area contributed by atoms with Crippen LogP contribution in [0.1, 0.15) is 5.56 Å². The van der Waals surface area contributed by atoms with Crippen LogP contribution in [0, 0.1) is 11.3 Å². The van der Waals surface area contributed by atoms with Gasteiger partial charge in [0.25, 0.3) is 11.9 Å². The summed E-state index contributed by atoms with van der Waals surface area (Å²) < 4.78 is 4.26. The largest absolute Gasteiger partial charge is 0.291 e. The third-order valence-electron chi connectivity index (χ3n) is 2.24. The second-order valence-electron chi connectivity index (χ2n) is 3.42. The van der Waals surface area contributed by atoms with Gasteiger partial charge >= 0.3 is 0 Å². The maximum absolute atomic E-state index is 8.66. The Balaban J connectivity index is 2.37. The summed E-state index contributed by atoms with van der Waals surface area (Å²) in [6, 6.07) is 11.7. The van der Waals surface area contributed by atoms with Gasteiger partial charge in [0.05, 0.1) is 6.07 Å². The van der Waals surface area contributed by atoms with E-state index in [0.717, 1.165) is 16.8 Å². The first-order valence-corrected chi connectivity index (χ1v) is 5.24. The quantitative estimate of drug-likeness (QED) is 0.308. The number of nitriles is 1. The fourth-order valence-electron chi connectivity index (χ4n) is 1.42. The van der Waals surface area contributed by atoms with Gasteiger partial charge in [-0.3, -0.25) is 0 Å². The first-order valence-electron chi connectivity index (χ1n) is 5.24. The summed E-state index contributed by atoms with van der Waals surface area (Å²) in [5.41, 5.74) is 2.47. The minimum absolute atomic E-state index is 0.748. The Morgan fingerprint density at radius 2 is 1.88 bits per heavy atom. The second kappa shape index (κ2) is 5.46. The van der Waals surface area contributed by atoms with Crippen molar-refractivity contribution in [2.45, 2.75) is 0 Å². The smallest absolute Gasteiger partial charge is 0.193 e. The first kappa shape index (κ1) is 10.9. The Kier molecular flexibility index (Phi) is 3.50. The van der Waals surface area contributed by atoms with E-state index in [-0.39, 0.29) is 0 Å². The number of nitrogens with zero attached hydrogens (tertiary/aromatic N) is 2. The number of hydrogen-bond donors (Lipinski definition) is 0. The standard InChI is InChI=1S/C15H10N2/c16-11-10-14-8-4-5-9-15(14)17-12-13-6-2-1-3-7-13/h1-10H/b14-10+. The molecule has 1 aliphatic rings. The summed E-state index contributed by atoms with van der Waals surface area (Å²) in [5, 5.41) is 8.66. The van der Waals surface area contributed by atoms with Gasteiger partial charge in [0.2, 0.25) is 0 Å². The molecule has 17 heavy (non-hydrogen) atoms. The maximum Gasteiger partial charge on any atom is 0.291 e. The van der Waals surface area contributed by atoms with Crippen molar-refractivity contribution in [3.63, 3.8) is 0 Å². The van der Waals surface area contributed by atoms with Crippen LogP contribution in [0.25, 0.3) is 0 Å². The van der Waals surface area contributed by atoms with E-state index in [2.05, 4.69) is 10.9 Å². The highest BCUT2D eigenvalue weighted by molar-refractivity contribution is 6.12. The van der Waals surface area contributed by atoms with E-state index >= 15 is 0 Å². The minimum atomic E-state index is 0.748. The Labute approximate surface area is 100 Å². The highest BCUT2D eigenvalue weighted by Gasteiger charge is 2.07. The summed E-state index contributed by atoms with van der Waals surface area (Å²) >= 11 is 0. The molecule has 0 saturated heterocycles. The van der Waals surface area contributed by atoms with E-state index in [0.29, 0.717) is 0 Å². The van der Waals surface area contributed by atoms with Gasteiger partial charge in [-0.15, -0.1) is 24.3 Å². The van der Waals surface area contributed by atoms with Crippen molar-refractivity contribution in [2.24, 2.45) is 0 Å². The molecule has 1 aromatic rings. The summed E-state index contributed by atoms with van der Waals surface area (Å²) in [7, 11) is 0. The van der Waals surface area contributed by atoms with Crippen molar-refractivity contribution in [3.8, 4) is 6.07 Å². The van der Waals surface area contributed by atoms with Crippen LogP contribution in [0.5, 0.6) is 0 Å². The zero-order valence-electron chi connectivity index (χ0n) is 9.17. The van der Waals surface area contributed by atoms with Gasteiger partial charge in [-0.1, -0.05) is 29.9 Å². The van der Waals surface area contributed by atoms with Gasteiger partial charge in [-0.25, -0.2) is 0 Å². The van der Waals surface area contributed by atoms with Crippen LogP contribution in [-0.4, -0.2) is 11.9 Å². The molecule has 0 unspecified atom stereocenters. The lowest BCUT2D eigenvalue weighted by molar-refractivity contribution is 1.52. The molecule has 0 aliphatic heterocycles. The normalized spacial score (nSPS) is 15.5. The molecule has 0 spiro atoms. The topological polar surface area (TPSA) is 37.9 Å². The van der Waals surface area contributed by atoms with E-state index in [1.807, 2.05) is 60.7 Å². The third-order valence-corrected chi connectivity index (χ3v) is 2.24. The van der Waals surface area contributed by atoms with Gasteiger partial charge in [0.15, 0.2) is 0 Å². The monoisotopic (exact) mass is 218 g/mol. The molecule has 1 aliphatic carbocycles. The van der Waals surface area contributed by atoms with Gasteiger partial charge in [0, 0.05) is 11.6 Å². The van der Waals surface area contributed by atoms with Gasteiger partial charge < -0.3 is 0 Å². The fraction of sp³-hybridized carbons (Fsp3) is 0. The van der Waals surface area contributed by atoms with E-state index in [1.165, 1.54) is 6.08 Å². The number of allylic oxidation sites excluding steroid dienone is 6.